The molecule has 0 saturated heterocycles. The van der Waals surface area contributed by atoms with Gasteiger partial charge in [-0.25, -0.2) is 17.5 Å². The van der Waals surface area contributed by atoms with Gasteiger partial charge in [0.25, 0.3) is 0 Å². The summed E-state index contributed by atoms with van der Waals surface area (Å²) in [5, 5.41) is 2.66. The van der Waals surface area contributed by atoms with Gasteiger partial charge in [0.15, 0.2) is 0 Å². The largest absolute Gasteiger partial charge is 0.351 e. The third-order valence-corrected chi connectivity index (χ3v) is 3.01. The Hall–Kier alpha value is -1.18. The molecule has 1 rings (SSSR count). The lowest BCUT2D eigenvalue weighted by Crippen LogP contribution is -2.36. The molecule has 0 aliphatic carbocycles. The van der Waals surface area contributed by atoms with Crippen LogP contribution >= 0.6 is 11.6 Å². The predicted octanol–water partition coefficient (Wildman–Crippen LogP) is 0.644. The summed E-state index contributed by atoms with van der Waals surface area (Å²) in [6, 6.07) is 3.81. The van der Waals surface area contributed by atoms with Gasteiger partial charge in [0, 0.05) is 11.6 Å². The molecule has 0 bridgehead atoms. The highest BCUT2D eigenvalue weighted by atomic mass is 35.5. The number of sulfonamides is 1. The van der Waals surface area contributed by atoms with Crippen LogP contribution in [0.2, 0.25) is 5.02 Å². The Labute approximate surface area is 109 Å². The first-order valence-electron chi connectivity index (χ1n) is 4.93. The van der Waals surface area contributed by atoms with Gasteiger partial charge < -0.3 is 5.32 Å². The first kappa shape index (κ1) is 14.9. The van der Waals surface area contributed by atoms with Crippen molar-refractivity contribution in [2.75, 3.05) is 12.8 Å². The summed E-state index contributed by atoms with van der Waals surface area (Å²) in [5.74, 6) is -0.963. The maximum Gasteiger partial charge on any atom is 0.235 e. The van der Waals surface area contributed by atoms with E-state index in [2.05, 4.69) is 5.32 Å². The predicted molar refractivity (Wildman–Crippen MR) is 66.1 cm³/mol. The zero-order valence-electron chi connectivity index (χ0n) is 9.54. The van der Waals surface area contributed by atoms with E-state index in [4.69, 9.17) is 11.6 Å². The molecule has 1 amide bonds. The van der Waals surface area contributed by atoms with Crippen LogP contribution in [0.5, 0.6) is 0 Å². The van der Waals surface area contributed by atoms with Crippen molar-refractivity contribution < 1.29 is 17.6 Å². The highest BCUT2D eigenvalue weighted by Crippen LogP contribution is 2.16. The van der Waals surface area contributed by atoms with Crippen molar-refractivity contribution in [3.63, 3.8) is 0 Å². The van der Waals surface area contributed by atoms with Gasteiger partial charge in [-0.05, 0) is 17.7 Å². The molecular weight excluding hydrogens is 283 g/mol. The van der Waals surface area contributed by atoms with E-state index in [-0.39, 0.29) is 18.1 Å². The number of carbonyl (C=O) groups is 1. The molecule has 0 atom stereocenters. The van der Waals surface area contributed by atoms with Crippen molar-refractivity contribution in [3.8, 4) is 0 Å². The molecule has 0 aliphatic rings. The fourth-order valence-electron chi connectivity index (χ4n) is 1.12. The highest BCUT2D eigenvalue weighted by molar-refractivity contribution is 7.88. The molecule has 1 aromatic rings. The molecule has 1 aromatic carbocycles. The minimum atomic E-state index is -3.40. The van der Waals surface area contributed by atoms with Gasteiger partial charge in [0.05, 0.1) is 12.8 Å². The summed E-state index contributed by atoms with van der Waals surface area (Å²) in [6.07, 6.45) is 0.955. The summed E-state index contributed by atoms with van der Waals surface area (Å²) < 4.78 is 36.3. The number of carbonyl (C=O) groups excluding carboxylic acids is 1. The van der Waals surface area contributed by atoms with Crippen molar-refractivity contribution >= 4 is 27.5 Å². The van der Waals surface area contributed by atoms with Crippen LogP contribution in [0.3, 0.4) is 0 Å². The second-order valence-electron chi connectivity index (χ2n) is 3.61. The van der Waals surface area contributed by atoms with Crippen LogP contribution in [0.15, 0.2) is 18.2 Å². The third kappa shape index (κ3) is 5.44. The van der Waals surface area contributed by atoms with Crippen LogP contribution in [0.25, 0.3) is 0 Å². The number of hydrogen-bond donors (Lipinski definition) is 2. The van der Waals surface area contributed by atoms with Gasteiger partial charge in [-0.15, -0.1) is 0 Å². The number of benzene rings is 1. The Morgan fingerprint density at radius 2 is 2.11 bits per heavy atom. The second-order valence-corrected chi connectivity index (χ2v) is 5.85. The first-order valence-corrected chi connectivity index (χ1v) is 7.20. The van der Waals surface area contributed by atoms with Crippen LogP contribution in [0.1, 0.15) is 5.56 Å². The molecular formula is C10H12ClFN2O3S. The molecule has 0 heterocycles. The molecule has 2 N–H and O–H groups in total. The molecule has 0 unspecified atom stereocenters. The average Bonchev–Trinajstić information content (AvgIpc) is 2.24. The third-order valence-electron chi connectivity index (χ3n) is 1.99. The van der Waals surface area contributed by atoms with Gasteiger partial charge in [-0.3, -0.25) is 4.79 Å². The quantitative estimate of drug-likeness (QED) is 0.837. The fraction of sp³-hybridized carbons (Fsp3) is 0.300. The van der Waals surface area contributed by atoms with Crippen LogP contribution in [-0.4, -0.2) is 27.1 Å². The zero-order valence-corrected chi connectivity index (χ0v) is 11.1. The molecule has 18 heavy (non-hydrogen) atoms. The Morgan fingerprint density at radius 1 is 1.44 bits per heavy atom. The molecule has 0 spiro atoms. The van der Waals surface area contributed by atoms with Crippen LogP contribution < -0.4 is 10.0 Å². The van der Waals surface area contributed by atoms with Gasteiger partial charge in [0.2, 0.25) is 15.9 Å². The Balaban J connectivity index is 2.48. The number of halogens is 2. The Kier molecular flexibility index (Phi) is 5.06. The van der Waals surface area contributed by atoms with Crippen LogP contribution in [0.4, 0.5) is 4.39 Å². The molecule has 8 heteroatoms. The lowest BCUT2D eigenvalue weighted by atomic mass is 10.2. The van der Waals surface area contributed by atoms with E-state index < -0.39 is 21.7 Å². The number of rotatable bonds is 5. The topological polar surface area (TPSA) is 75.3 Å². The van der Waals surface area contributed by atoms with Crippen LogP contribution in [0, 0.1) is 5.82 Å². The lowest BCUT2D eigenvalue weighted by molar-refractivity contribution is -0.120. The van der Waals surface area contributed by atoms with Crippen molar-refractivity contribution in [1.29, 1.82) is 0 Å². The summed E-state index contributed by atoms with van der Waals surface area (Å²) in [4.78, 5) is 11.3. The second kappa shape index (κ2) is 6.12. The fourth-order valence-corrected chi connectivity index (χ4v) is 1.75. The summed E-state index contributed by atoms with van der Waals surface area (Å²) in [6.45, 7) is -0.249. The maximum absolute atomic E-state index is 12.7. The van der Waals surface area contributed by atoms with Crippen LogP contribution in [-0.2, 0) is 21.4 Å². The lowest BCUT2D eigenvalue weighted by Gasteiger charge is -2.07. The Morgan fingerprint density at radius 3 is 2.67 bits per heavy atom. The van der Waals surface area contributed by atoms with E-state index in [9.17, 15) is 17.6 Å². The van der Waals surface area contributed by atoms with E-state index >= 15 is 0 Å². The standard InChI is InChI=1S/C10H12ClFN2O3S/c1-18(16,17)14-6-10(15)13-5-7-2-3-8(12)4-9(7)11/h2-4,14H,5-6H2,1H3,(H,13,15). The normalized spacial score (nSPS) is 11.3. The monoisotopic (exact) mass is 294 g/mol. The Bertz CT molecular complexity index is 548. The SMILES string of the molecule is CS(=O)(=O)NCC(=O)NCc1ccc(F)cc1Cl. The maximum atomic E-state index is 12.7. The van der Waals surface area contributed by atoms with Gasteiger partial charge in [-0.1, -0.05) is 17.7 Å². The van der Waals surface area contributed by atoms with E-state index in [1.54, 1.807) is 0 Å². The van der Waals surface area contributed by atoms with E-state index in [0.29, 0.717) is 5.56 Å². The highest BCUT2D eigenvalue weighted by Gasteiger charge is 2.07. The van der Waals surface area contributed by atoms with Gasteiger partial charge in [-0.2, -0.15) is 0 Å². The minimum Gasteiger partial charge on any atom is -0.351 e. The van der Waals surface area contributed by atoms with Crippen molar-refractivity contribution in [2.45, 2.75) is 6.54 Å². The van der Waals surface area contributed by atoms with Crippen molar-refractivity contribution in [2.24, 2.45) is 0 Å². The van der Waals surface area contributed by atoms with E-state index in [1.807, 2.05) is 4.72 Å². The number of nitrogens with one attached hydrogen (secondary N) is 2. The number of amides is 1. The molecule has 0 aliphatic heterocycles. The summed E-state index contributed by atoms with van der Waals surface area (Å²) >= 11 is 5.76. The molecule has 0 aromatic heterocycles. The van der Waals surface area contributed by atoms with Gasteiger partial charge >= 0.3 is 0 Å². The summed E-state index contributed by atoms with van der Waals surface area (Å²) in [5.41, 5.74) is 0.547. The molecule has 5 nitrogen and oxygen atoms in total. The zero-order chi connectivity index (χ0) is 13.8. The van der Waals surface area contributed by atoms with E-state index in [0.717, 1.165) is 12.3 Å². The summed E-state index contributed by atoms with van der Waals surface area (Å²) in [7, 11) is -3.40. The minimum absolute atomic E-state index is 0.101. The number of hydrogen-bond acceptors (Lipinski definition) is 3. The van der Waals surface area contributed by atoms with E-state index in [1.165, 1.54) is 12.1 Å². The first-order chi connectivity index (χ1) is 8.28. The average molecular weight is 295 g/mol. The van der Waals surface area contributed by atoms with Gasteiger partial charge in [0.1, 0.15) is 5.82 Å². The molecule has 0 fully saturated rings. The van der Waals surface area contributed by atoms with Crippen molar-refractivity contribution in [1.82, 2.24) is 10.0 Å². The van der Waals surface area contributed by atoms with Crippen molar-refractivity contribution in [3.05, 3.63) is 34.6 Å². The molecule has 0 saturated carbocycles. The molecule has 0 radical (unpaired) electrons. The molecule has 100 valence electrons. The smallest absolute Gasteiger partial charge is 0.235 e.